The number of fused-ring (bicyclic) bond motifs is 1. The van der Waals surface area contributed by atoms with Crippen LogP contribution in [0.5, 0.6) is 0 Å². The largest absolute Gasteiger partial charge is 0.352 e. The maximum Gasteiger partial charge on any atom is 0.252 e. The molecule has 0 saturated carbocycles. The van der Waals surface area contributed by atoms with Crippen molar-refractivity contribution >= 4 is 51.7 Å². The molecular formula is C25H22ClN3OS. The minimum absolute atomic E-state index is 0.117. The number of amides is 1. The summed E-state index contributed by atoms with van der Waals surface area (Å²) in [6, 6.07) is 25.3. The van der Waals surface area contributed by atoms with Crippen LogP contribution in [0, 0.1) is 0 Å². The van der Waals surface area contributed by atoms with E-state index in [1.807, 2.05) is 73.0 Å². The van der Waals surface area contributed by atoms with E-state index in [0.717, 1.165) is 33.5 Å². The molecule has 1 heterocycles. The maximum atomic E-state index is 13.0. The van der Waals surface area contributed by atoms with E-state index in [9.17, 15) is 4.79 Å². The Hall–Kier alpha value is -3.02. The fraction of sp³-hybridized carbons (Fsp3) is 0.120. The molecule has 4 rings (SSSR count). The van der Waals surface area contributed by atoms with Crippen molar-refractivity contribution < 1.29 is 4.79 Å². The summed E-state index contributed by atoms with van der Waals surface area (Å²) in [6.07, 6.45) is 2.78. The third kappa shape index (κ3) is 5.37. The van der Waals surface area contributed by atoms with Crippen molar-refractivity contribution in [3.63, 3.8) is 0 Å². The van der Waals surface area contributed by atoms with E-state index in [1.165, 1.54) is 0 Å². The molecule has 0 aliphatic heterocycles. The van der Waals surface area contributed by atoms with Gasteiger partial charge in [0, 0.05) is 27.5 Å². The highest BCUT2D eigenvalue weighted by molar-refractivity contribution is 7.98. The Kier molecular flexibility index (Phi) is 6.75. The summed E-state index contributed by atoms with van der Waals surface area (Å²) in [4.78, 5) is 18.9. The third-order valence-electron chi connectivity index (χ3n) is 4.92. The lowest BCUT2D eigenvalue weighted by atomic mass is 10.1. The average molecular weight is 448 g/mol. The van der Waals surface area contributed by atoms with Gasteiger partial charge in [-0.05, 0) is 60.7 Å². The SMILES string of the molecule is CSc1cccc(Nc2cc(C(=O)NCCc3ccc(Cl)cc3)c3ccccc3n2)c1. The van der Waals surface area contributed by atoms with E-state index in [2.05, 4.69) is 22.8 Å². The summed E-state index contributed by atoms with van der Waals surface area (Å²) in [5.41, 5.74) is 3.44. The molecule has 0 aliphatic carbocycles. The monoisotopic (exact) mass is 447 g/mol. The number of hydrogen-bond donors (Lipinski definition) is 2. The van der Waals surface area contributed by atoms with E-state index < -0.39 is 0 Å². The van der Waals surface area contributed by atoms with Gasteiger partial charge in [0.05, 0.1) is 11.1 Å². The number of pyridine rings is 1. The van der Waals surface area contributed by atoms with Crippen LogP contribution in [0.25, 0.3) is 10.9 Å². The number of nitrogens with zero attached hydrogens (tertiary/aromatic N) is 1. The molecule has 2 N–H and O–H groups in total. The molecule has 0 atom stereocenters. The highest BCUT2D eigenvalue weighted by atomic mass is 35.5. The Morgan fingerprint density at radius 2 is 1.81 bits per heavy atom. The second-order valence-electron chi connectivity index (χ2n) is 7.06. The zero-order valence-electron chi connectivity index (χ0n) is 17.1. The lowest BCUT2D eigenvalue weighted by molar-refractivity contribution is 0.0956. The van der Waals surface area contributed by atoms with Crippen LogP contribution in [0.3, 0.4) is 0 Å². The maximum absolute atomic E-state index is 13.0. The van der Waals surface area contributed by atoms with E-state index in [4.69, 9.17) is 16.6 Å². The molecule has 156 valence electrons. The number of halogens is 1. The summed E-state index contributed by atoms with van der Waals surface area (Å²) in [6.45, 7) is 0.537. The van der Waals surface area contributed by atoms with Gasteiger partial charge in [0.25, 0.3) is 5.91 Å². The number of rotatable bonds is 7. The van der Waals surface area contributed by atoms with Gasteiger partial charge in [0.2, 0.25) is 0 Å². The number of para-hydroxylation sites is 1. The number of benzene rings is 3. The normalized spacial score (nSPS) is 10.8. The van der Waals surface area contributed by atoms with Gasteiger partial charge >= 0.3 is 0 Å². The van der Waals surface area contributed by atoms with Crippen molar-refractivity contribution in [2.75, 3.05) is 18.1 Å². The minimum Gasteiger partial charge on any atom is -0.352 e. The Labute approximate surface area is 191 Å². The number of carbonyl (C=O) groups is 1. The van der Waals surface area contributed by atoms with Crippen molar-refractivity contribution in [2.24, 2.45) is 0 Å². The van der Waals surface area contributed by atoms with Gasteiger partial charge in [0.1, 0.15) is 5.82 Å². The van der Waals surface area contributed by atoms with Gasteiger partial charge in [-0.25, -0.2) is 4.98 Å². The van der Waals surface area contributed by atoms with E-state index in [0.29, 0.717) is 22.9 Å². The summed E-state index contributed by atoms with van der Waals surface area (Å²) in [5.74, 6) is 0.522. The molecule has 3 aromatic carbocycles. The smallest absolute Gasteiger partial charge is 0.252 e. The van der Waals surface area contributed by atoms with Crippen molar-refractivity contribution in [3.05, 3.63) is 95.0 Å². The van der Waals surface area contributed by atoms with Gasteiger partial charge in [-0.2, -0.15) is 0 Å². The van der Waals surface area contributed by atoms with E-state index >= 15 is 0 Å². The van der Waals surface area contributed by atoms with Crippen molar-refractivity contribution in [1.82, 2.24) is 10.3 Å². The van der Waals surface area contributed by atoms with Gasteiger partial charge in [-0.1, -0.05) is 48.0 Å². The predicted molar refractivity (Wildman–Crippen MR) is 131 cm³/mol. The molecule has 0 saturated heterocycles. The standard InChI is InChI=1S/C25H22ClN3OS/c1-31-20-6-4-5-19(15-20)28-24-16-22(21-7-2-3-8-23(21)29-24)25(30)27-14-13-17-9-11-18(26)12-10-17/h2-12,15-16H,13-14H2,1H3,(H,27,30)(H,28,29). The van der Waals surface area contributed by atoms with Crippen LogP contribution < -0.4 is 10.6 Å². The van der Waals surface area contributed by atoms with Gasteiger partial charge < -0.3 is 10.6 Å². The molecular weight excluding hydrogens is 426 g/mol. The lowest BCUT2D eigenvalue weighted by Gasteiger charge is -2.12. The van der Waals surface area contributed by atoms with Crippen molar-refractivity contribution in [1.29, 1.82) is 0 Å². The molecule has 1 amide bonds. The van der Waals surface area contributed by atoms with E-state index in [-0.39, 0.29) is 5.91 Å². The quantitative estimate of drug-likeness (QED) is 0.325. The van der Waals surface area contributed by atoms with Gasteiger partial charge in [0.15, 0.2) is 0 Å². The Morgan fingerprint density at radius 1 is 1.00 bits per heavy atom. The van der Waals surface area contributed by atoms with Crippen molar-refractivity contribution in [3.8, 4) is 0 Å². The van der Waals surface area contributed by atoms with Crippen LogP contribution >= 0.6 is 23.4 Å². The highest BCUT2D eigenvalue weighted by Crippen LogP contribution is 2.25. The third-order valence-corrected chi connectivity index (χ3v) is 5.89. The number of thioether (sulfide) groups is 1. The molecule has 0 aliphatic rings. The van der Waals surface area contributed by atoms with Crippen molar-refractivity contribution in [2.45, 2.75) is 11.3 Å². The molecule has 0 bridgehead atoms. The van der Waals surface area contributed by atoms with Gasteiger partial charge in [-0.15, -0.1) is 11.8 Å². The first kappa shape index (κ1) is 21.2. The van der Waals surface area contributed by atoms with E-state index in [1.54, 1.807) is 11.8 Å². The number of hydrogen-bond acceptors (Lipinski definition) is 4. The second kappa shape index (κ2) is 9.86. The summed E-state index contributed by atoms with van der Waals surface area (Å²) in [7, 11) is 0. The predicted octanol–water partition coefficient (Wildman–Crippen LogP) is 6.33. The topological polar surface area (TPSA) is 54.0 Å². The summed E-state index contributed by atoms with van der Waals surface area (Å²) < 4.78 is 0. The fourth-order valence-corrected chi connectivity index (χ4v) is 3.93. The molecule has 1 aromatic heterocycles. The first-order chi connectivity index (χ1) is 15.1. The molecule has 4 nitrogen and oxygen atoms in total. The molecule has 0 fully saturated rings. The van der Waals surface area contributed by atoms with Crippen LogP contribution in [0.15, 0.2) is 83.8 Å². The fourth-order valence-electron chi connectivity index (χ4n) is 3.34. The number of carbonyl (C=O) groups excluding carboxylic acids is 1. The Bertz CT molecular complexity index is 1210. The lowest BCUT2D eigenvalue weighted by Crippen LogP contribution is -2.26. The Morgan fingerprint density at radius 3 is 2.61 bits per heavy atom. The average Bonchev–Trinajstić information content (AvgIpc) is 2.80. The first-order valence-electron chi connectivity index (χ1n) is 9.96. The zero-order chi connectivity index (χ0) is 21.6. The molecule has 31 heavy (non-hydrogen) atoms. The van der Waals surface area contributed by atoms with Crippen LogP contribution in [0.4, 0.5) is 11.5 Å². The van der Waals surface area contributed by atoms with Gasteiger partial charge in [-0.3, -0.25) is 4.79 Å². The van der Waals surface area contributed by atoms with Crippen LogP contribution in [0.2, 0.25) is 5.02 Å². The minimum atomic E-state index is -0.117. The molecule has 0 radical (unpaired) electrons. The van der Waals surface area contributed by atoms with Crippen LogP contribution in [-0.4, -0.2) is 23.7 Å². The highest BCUT2D eigenvalue weighted by Gasteiger charge is 2.13. The number of anilines is 2. The second-order valence-corrected chi connectivity index (χ2v) is 8.38. The first-order valence-corrected chi connectivity index (χ1v) is 11.6. The molecule has 0 spiro atoms. The van der Waals surface area contributed by atoms with Crippen LogP contribution in [-0.2, 0) is 6.42 Å². The summed E-state index contributed by atoms with van der Waals surface area (Å²) in [5, 5.41) is 7.91. The number of nitrogens with one attached hydrogen (secondary N) is 2. The molecule has 6 heteroatoms. The van der Waals surface area contributed by atoms with Crippen LogP contribution in [0.1, 0.15) is 15.9 Å². The molecule has 0 unspecified atom stereocenters. The Balaban J connectivity index is 1.55. The summed E-state index contributed by atoms with van der Waals surface area (Å²) >= 11 is 7.62. The number of aromatic nitrogens is 1. The molecule has 4 aromatic rings. The zero-order valence-corrected chi connectivity index (χ0v) is 18.6.